The molecule has 0 amide bonds. The Balaban J connectivity index is 2.06. The van der Waals surface area contributed by atoms with E-state index in [1.165, 1.54) is 38.5 Å². The molecule has 15 nitrogen and oxygen atoms in total. The highest BCUT2D eigenvalue weighted by atomic mass is 31.3. The Kier molecular flexibility index (Phi) is 8.78. The molecule has 34 heavy (non-hydrogen) atoms. The van der Waals surface area contributed by atoms with E-state index in [4.69, 9.17) is 9.26 Å². The van der Waals surface area contributed by atoms with E-state index in [1.807, 2.05) is 0 Å². The van der Waals surface area contributed by atoms with Crippen molar-refractivity contribution >= 4 is 23.4 Å². The summed E-state index contributed by atoms with van der Waals surface area (Å²) in [4.78, 5) is 55.1. The summed E-state index contributed by atoms with van der Waals surface area (Å²) >= 11 is 0. The first kappa shape index (κ1) is 29.3. The standard InChI is InChI=1S/C16H30N3O12P3/c1-9-7-19(15(21)17-13(9)20)14-11(3)10(2)12(29-14)8-28-33(24,25)31-34(26,27)30-32(22,23)18-16(4,5)6/h7,10-12,14H,8H2,1-6H3,(H,24,25)(H,26,27)(H,17,20,21)(H2,18,22,23)/t10-,11?,12-,14-/m1/s1. The molecule has 2 heterocycles. The van der Waals surface area contributed by atoms with E-state index in [-0.39, 0.29) is 17.4 Å². The minimum Gasteiger partial charge on any atom is -0.352 e. The summed E-state index contributed by atoms with van der Waals surface area (Å²) in [5, 5.41) is 2.05. The zero-order chi connectivity index (χ0) is 26.3. The largest absolute Gasteiger partial charge is 0.489 e. The lowest BCUT2D eigenvalue weighted by Gasteiger charge is -2.25. The van der Waals surface area contributed by atoms with Gasteiger partial charge in [-0.15, -0.1) is 0 Å². The summed E-state index contributed by atoms with van der Waals surface area (Å²) in [5.74, 6) is -0.624. The molecule has 1 aromatic heterocycles. The SMILES string of the molecule is Cc1cn([C@@H]2O[C@H](COP(=O)(O)OP(=O)(O)OP(=O)(O)NC(C)(C)C)[C@H](C)C2C)c(=O)[nH]c1=O. The van der Waals surface area contributed by atoms with Gasteiger partial charge in [0.15, 0.2) is 0 Å². The van der Waals surface area contributed by atoms with Crippen molar-refractivity contribution in [1.82, 2.24) is 14.6 Å². The van der Waals surface area contributed by atoms with Crippen LogP contribution in [-0.4, -0.2) is 42.5 Å². The number of phosphoric acid groups is 2. The molecule has 0 spiro atoms. The maximum absolute atomic E-state index is 12.2. The second-order valence-corrected chi connectivity index (χ2v) is 13.7. The molecule has 1 aliphatic heterocycles. The molecule has 2 rings (SSSR count). The Morgan fingerprint density at radius 3 is 2.24 bits per heavy atom. The van der Waals surface area contributed by atoms with Crippen molar-refractivity contribution in [2.45, 2.75) is 59.4 Å². The number of nitrogens with zero attached hydrogens (tertiary/aromatic N) is 1. The van der Waals surface area contributed by atoms with Crippen LogP contribution >= 0.6 is 23.4 Å². The molecule has 0 radical (unpaired) electrons. The van der Waals surface area contributed by atoms with Crippen LogP contribution in [-0.2, 0) is 31.6 Å². The number of aryl methyl sites for hydroxylation is 1. The molecule has 7 atom stereocenters. The first-order valence-electron chi connectivity index (χ1n) is 10.0. The number of aromatic nitrogens is 2. The molecule has 0 bridgehead atoms. The van der Waals surface area contributed by atoms with Crippen molar-refractivity contribution in [3.05, 3.63) is 32.6 Å². The third kappa shape index (κ3) is 8.04. The Morgan fingerprint density at radius 2 is 1.68 bits per heavy atom. The second-order valence-electron chi connectivity index (χ2n) is 9.04. The highest BCUT2D eigenvalue weighted by Gasteiger charge is 2.45. The van der Waals surface area contributed by atoms with Gasteiger partial charge in [-0.25, -0.2) is 23.6 Å². The van der Waals surface area contributed by atoms with E-state index in [0.29, 0.717) is 0 Å². The quantitative estimate of drug-likeness (QED) is 0.278. The van der Waals surface area contributed by atoms with Crippen molar-refractivity contribution < 1.29 is 46.3 Å². The molecule has 0 saturated carbocycles. The van der Waals surface area contributed by atoms with E-state index in [1.54, 1.807) is 13.8 Å². The minimum atomic E-state index is -5.52. The lowest BCUT2D eigenvalue weighted by atomic mass is 9.93. The van der Waals surface area contributed by atoms with Gasteiger partial charge in [-0.2, -0.15) is 8.62 Å². The van der Waals surface area contributed by atoms with Gasteiger partial charge < -0.3 is 19.4 Å². The number of H-pyrrole nitrogens is 1. The maximum Gasteiger partial charge on any atom is 0.489 e. The Hall–Kier alpha value is -0.950. The predicted molar refractivity (Wildman–Crippen MR) is 119 cm³/mol. The summed E-state index contributed by atoms with van der Waals surface area (Å²) in [5.41, 5.74) is -1.97. The smallest absolute Gasteiger partial charge is 0.352 e. The first-order chi connectivity index (χ1) is 15.2. The van der Waals surface area contributed by atoms with Crippen LogP contribution in [0, 0.1) is 18.8 Å². The summed E-state index contributed by atoms with van der Waals surface area (Å²) in [6, 6.07) is 0. The molecule has 1 aromatic rings. The normalized spacial score (nSPS) is 28.7. The molecule has 1 saturated heterocycles. The summed E-state index contributed by atoms with van der Waals surface area (Å²) in [6.45, 7) is 8.82. The van der Waals surface area contributed by atoms with Crippen molar-refractivity contribution in [3.63, 3.8) is 0 Å². The molecule has 1 aliphatic rings. The molecule has 18 heteroatoms. The average molecular weight is 549 g/mol. The molecule has 0 aromatic carbocycles. The van der Waals surface area contributed by atoms with Crippen LogP contribution in [0.2, 0.25) is 0 Å². The van der Waals surface area contributed by atoms with Crippen LogP contribution in [0.25, 0.3) is 0 Å². The van der Waals surface area contributed by atoms with E-state index < -0.39 is 59.1 Å². The predicted octanol–water partition coefficient (Wildman–Crippen LogP) is 1.75. The molecule has 196 valence electrons. The number of hydrogen-bond acceptors (Lipinski definition) is 9. The van der Waals surface area contributed by atoms with E-state index >= 15 is 0 Å². The highest BCUT2D eigenvalue weighted by molar-refractivity contribution is 7.67. The molecular formula is C16H30N3O12P3. The highest BCUT2D eigenvalue weighted by Crippen LogP contribution is 2.66. The van der Waals surface area contributed by atoms with Gasteiger partial charge in [0.2, 0.25) is 0 Å². The monoisotopic (exact) mass is 549 g/mol. The lowest BCUT2D eigenvalue weighted by molar-refractivity contribution is -0.0370. The third-order valence-corrected chi connectivity index (χ3v) is 9.69. The fourth-order valence-corrected chi connectivity index (χ4v) is 7.32. The van der Waals surface area contributed by atoms with Crippen molar-refractivity contribution in [2.24, 2.45) is 11.8 Å². The van der Waals surface area contributed by atoms with Crippen LogP contribution < -0.4 is 16.3 Å². The molecular weight excluding hydrogens is 519 g/mol. The van der Waals surface area contributed by atoms with Crippen LogP contribution in [0.1, 0.15) is 46.4 Å². The van der Waals surface area contributed by atoms with E-state index in [9.17, 15) is 38.0 Å². The molecule has 5 N–H and O–H groups in total. The number of rotatable bonds is 9. The zero-order valence-electron chi connectivity index (χ0n) is 19.4. The number of phosphoric ester groups is 1. The Labute approximate surface area is 195 Å². The van der Waals surface area contributed by atoms with Crippen molar-refractivity contribution in [1.29, 1.82) is 0 Å². The summed E-state index contributed by atoms with van der Waals surface area (Å²) in [6.07, 6.45) is -0.355. The number of ether oxygens (including phenoxy) is 1. The van der Waals surface area contributed by atoms with Crippen LogP contribution in [0.5, 0.6) is 0 Å². The van der Waals surface area contributed by atoms with Gasteiger partial charge in [0, 0.05) is 23.2 Å². The fourth-order valence-electron chi connectivity index (χ4n) is 3.23. The lowest BCUT2D eigenvalue weighted by Crippen LogP contribution is -2.35. The number of aromatic amines is 1. The zero-order valence-corrected chi connectivity index (χ0v) is 22.1. The van der Waals surface area contributed by atoms with Crippen LogP contribution in [0.3, 0.4) is 0 Å². The first-order valence-corrected chi connectivity index (χ1v) is 14.6. The van der Waals surface area contributed by atoms with Gasteiger partial charge in [-0.1, -0.05) is 13.8 Å². The Bertz CT molecular complexity index is 1160. The Morgan fingerprint density at radius 1 is 1.09 bits per heavy atom. The van der Waals surface area contributed by atoms with Gasteiger partial charge in [0.25, 0.3) is 5.56 Å². The number of nitrogens with one attached hydrogen (secondary N) is 2. The van der Waals surface area contributed by atoms with Crippen LogP contribution in [0.4, 0.5) is 0 Å². The molecule has 4 unspecified atom stereocenters. The third-order valence-electron chi connectivity index (χ3n) is 4.90. The van der Waals surface area contributed by atoms with Gasteiger partial charge >= 0.3 is 29.1 Å². The summed E-state index contributed by atoms with van der Waals surface area (Å²) < 4.78 is 56.1. The summed E-state index contributed by atoms with van der Waals surface area (Å²) in [7, 11) is -15.7. The average Bonchev–Trinajstić information content (AvgIpc) is 2.87. The second kappa shape index (κ2) is 10.2. The van der Waals surface area contributed by atoms with Gasteiger partial charge in [0.1, 0.15) is 6.23 Å². The van der Waals surface area contributed by atoms with Gasteiger partial charge in [-0.05, 0) is 33.6 Å². The van der Waals surface area contributed by atoms with Gasteiger partial charge in [-0.3, -0.25) is 18.9 Å². The minimum absolute atomic E-state index is 0.275. The molecule has 0 aliphatic carbocycles. The van der Waals surface area contributed by atoms with Crippen molar-refractivity contribution in [3.8, 4) is 0 Å². The maximum atomic E-state index is 12.2. The van der Waals surface area contributed by atoms with Crippen molar-refractivity contribution in [2.75, 3.05) is 6.61 Å². The van der Waals surface area contributed by atoms with E-state index in [2.05, 4.69) is 18.7 Å². The molecule has 1 fully saturated rings. The van der Waals surface area contributed by atoms with Gasteiger partial charge in [0.05, 0.1) is 12.7 Å². The number of hydrogen-bond donors (Lipinski definition) is 5. The van der Waals surface area contributed by atoms with E-state index in [0.717, 1.165) is 0 Å². The van der Waals surface area contributed by atoms with Crippen LogP contribution in [0.15, 0.2) is 15.8 Å². The topological polar surface area (TPSA) is 216 Å². The fraction of sp³-hybridized carbons (Fsp3) is 0.750.